The molecule has 23 heavy (non-hydrogen) atoms. The van der Waals surface area contributed by atoms with Gasteiger partial charge in [0.1, 0.15) is 23.8 Å². The van der Waals surface area contributed by atoms with Crippen LogP contribution in [0, 0.1) is 5.82 Å². The number of hydrogen-bond acceptors (Lipinski definition) is 4. The summed E-state index contributed by atoms with van der Waals surface area (Å²) < 4.78 is 19.1. The van der Waals surface area contributed by atoms with Gasteiger partial charge in [0.05, 0.1) is 6.33 Å². The summed E-state index contributed by atoms with van der Waals surface area (Å²) in [5, 5.41) is 10.7. The second kappa shape index (κ2) is 7.10. The lowest BCUT2D eigenvalue weighted by Gasteiger charge is -2.39. The van der Waals surface area contributed by atoms with Crippen molar-refractivity contribution in [2.24, 2.45) is 0 Å². The molecule has 0 spiro atoms. The molecule has 0 amide bonds. The third-order valence-corrected chi connectivity index (χ3v) is 4.39. The third-order valence-electron chi connectivity index (χ3n) is 4.39. The zero-order chi connectivity index (χ0) is 16.2. The van der Waals surface area contributed by atoms with Crippen LogP contribution in [0.4, 0.5) is 4.39 Å². The first-order chi connectivity index (χ1) is 11.1. The Morgan fingerprint density at radius 1 is 1.43 bits per heavy atom. The Labute approximate surface area is 135 Å². The summed E-state index contributed by atoms with van der Waals surface area (Å²) in [5.74, 6) is 0.131. The van der Waals surface area contributed by atoms with E-state index in [-0.39, 0.29) is 18.0 Å². The summed E-state index contributed by atoms with van der Waals surface area (Å²) in [7, 11) is 1.99. The van der Waals surface area contributed by atoms with Gasteiger partial charge < -0.3 is 14.8 Å². The summed E-state index contributed by atoms with van der Waals surface area (Å²) in [4.78, 5) is 9.20. The predicted octanol–water partition coefficient (Wildman–Crippen LogP) is 2.34. The number of nitrogens with zero attached hydrogens (tertiary/aromatic N) is 2. The lowest BCUT2D eigenvalue weighted by Crippen LogP contribution is -2.51. The number of aliphatic hydroxyl groups excluding tert-OH is 1. The summed E-state index contributed by atoms with van der Waals surface area (Å²) in [6, 6.07) is 6.07. The molecule has 1 fully saturated rings. The Balaban J connectivity index is 1.64. The highest BCUT2D eigenvalue weighted by Gasteiger charge is 2.35. The highest BCUT2D eigenvalue weighted by Crippen LogP contribution is 2.27. The molecular formula is C17H22FN3O2. The molecule has 5 nitrogen and oxygen atoms in total. The van der Waals surface area contributed by atoms with Gasteiger partial charge in [0.15, 0.2) is 0 Å². The van der Waals surface area contributed by atoms with Gasteiger partial charge in [-0.2, -0.15) is 0 Å². The number of rotatable bonds is 5. The van der Waals surface area contributed by atoms with Crippen LogP contribution in [0.25, 0.3) is 0 Å². The van der Waals surface area contributed by atoms with Crippen LogP contribution in [-0.4, -0.2) is 45.3 Å². The fourth-order valence-electron chi connectivity index (χ4n) is 3.20. The van der Waals surface area contributed by atoms with Crippen LogP contribution in [0.5, 0.6) is 5.75 Å². The van der Waals surface area contributed by atoms with E-state index in [1.807, 2.05) is 7.05 Å². The van der Waals surface area contributed by atoms with Gasteiger partial charge in [-0.25, -0.2) is 9.37 Å². The average Bonchev–Trinajstić information content (AvgIpc) is 3.02. The number of halogens is 1. The summed E-state index contributed by atoms with van der Waals surface area (Å²) in [6.45, 7) is 0.689. The largest absolute Gasteiger partial charge is 0.488 e. The maximum atomic E-state index is 13.3. The fourth-order valence-corrected chi connectivity index (χ4v) is 3.20. The van der Waals surface area contributed by atoms with E-state index >= 15 is 0 Å². The maximum Gasteiger partial charge on any atom is 0.126 e. The van der Waals surface area contributed by atoms with Crippen molar-refractivity contribution in [1.82, 2.24) is 14.9 Å². The van der Waals surface area contributed by atoms with Crippen molar-refractivity contribution in [3.05, 3.63) is 48.3 Å². The topological polar surface area (TPSA) is 61.4 Å². The molecule has 2 aromatic rings. The standard InChI is InChI=1S/C17H22FN3O2/c1-21(10-13-9-19-11-20-13)15-6-3-7-16(17(15)22)23-14-5-2-4-12(18)8-14/h2,4-5,8-9,11,15-17,22H,3,6-7,10H2,1H3,(H,19,20)/t15-,16+,17+/m1/s1. The second-order valence-corrected chi connectivity index (χ2v) is 6.09. The number of imidazole rings is 1. The van der Waals surface area contributed by atoms with Crippen LogP contribution >= 0.6 is 0 Å². The van der Waals surface area contributed by atoms with Crippen LogP contribution < -0.4 is 4.74 Å². The minimum atomic E-state index is -0.611. The van der Waals surface area contributed by atoms with Gasteiger partial charge in [-0.3, -0.25) is 4.90 Å². The highest BCUT2D eigenvalue weighted by atomic mass is 19.1. The lowest BCUT2D eigenvalue weighted by molar-refractivity contribution is -0.0494. The van der Waals surface area contributed by atoms with Crippen LogP contribution in [0.15, 0.2) is 36.8 Å². The summed E-state index contributed by atoms with van der Waals surface area (Å²) in [5.41, 5.74) is 1.01. The number of nitrogens with one attached hydrogen (secondary N) is 1. The molecule has 0 aliphatic heterocycles. The third kappa shape index (κ3) is 3.89. The molecule has 0 bridgehead atoms. The van der Waals surface area contributed by atoms with E-state index < -0.39 is 6.10 Å². The molecule has 124 valence electrons. The number of hydrogen-bond donors (Lipinski definition) is 2. The van der Waals surface area contributed by atoms with Crippen molar-refractivity contribution in [3.63, 3.8) is 0 Å². The number of aromatic amines is 1. The van der Waals surface area contributed by atoms with Crippen LogP contribution in [0.2, 0.25) is 0 Å². The molecule has 2 N–H and O–H groups in total. The van der Waals surface area contributed by atoms with Gasteiger partial charge >= 0.3 is 0 Å². The van der Waals surface area contributed by atoms with Gasteiger partial charge in [0, 0.05) is 30.5 Å². The normalized spacial score (nSPS) is 24.8. The van der Waals surface area contributed by atoms with Gasteiger partial charge in [0.2, 0.25) is 0 Å². The Morgan fingerprint density at radius 2 is 2.30 bits per heavy atom. The van der Waals surface area contributed by atoms with E-state index in [0.29, 0.717) is 12.3 Å². The van der Waals surface area contributed by atoms with Crippen LogP contribution in [-0.2, 0) is 6.54 Å². The Bertz CT molecular complexity index is 620. The van der Waals surface area contributed by atoms with Crippen LogP contribution in [0.3, 0.4) is 0 Å². The SMILES string of the molecule is CN(Cc1cnc[nH]1)[C@@H]1CCC[C@H](Oc2cccc(F)c2)[C@H]1O. The lowest BCUT2D eigenvalue weighted by atomic mass is 9.89. The first-order valence-corrected chi connectivity index (χ1v) is 7.91. The van der Waals surface area contributed by atoms with Gasteiger partial charge in [-0.1, -0.05) is 6.07 Å². The first kappa shape index (κ1) is 16.0. The van der Waals surface area contributed by atoms with Crippen molar-refractivity contribution >= 4 is 0 Å². The molecule has 1 aliphatic carbocycles. The second-order valence-electron chi connectivity index (χ2n) is 6.09. The van der Waals surface area contributed by atoms with Crippen molar-refractivity contribution in [1.29, 1.82) is 0 Å². The van der Waals surface area contributed by atoms with E-state index in [1.54, 1.807) is 24.7 Å². The molecule has 1 aromatic heterocycles. The molecule has 1 heterocycles. The number of aliphatic hydroxyl groups is 1. The highest BCUT2D eigenvalue weighted by molar-refractivity contribution is 5.23. The monoisotopic (exact) mass is 319 g/mol. The van der Waals surface area contributed by atoms with Gasteiger partial charge in [0.25, 0.3) is 0 Å². The smallest absolute Gasteiger partial charge is 0.126 e. The Hall–Kier alpha value is -1.92. The molecule has 6 heteroatoms. The number of aromatic nitrogens is 2. The van der Waals surface area contributed by atoms with Gasteiger partial charge in [-0.15, -0.1) is 0 Å². The Morgan fingerprint density at radius 3 is 3.04 bits per heavy atom. The molecule has 1 aliphatic rings. The minimum absolute atomic E-state index is 0.00519. The Kier molecular flexibility index (Phi) is 4.93. The molecular weight excluding hydrogens is 297 g/mol. The van der Waals surface area contributed by atoms with Gasteiger partial charge in [-0.05, 0) is 38.4 Å². The van der Waals surface area contributed by atoms with Crippen molar-refractivity contribution < 1.29 is 14.2 Å². The summed E-state index contributed by atoms with van der Waals surface area (Å²) in [6.07, 6.45) is 5.15. The summed E-state index contributed by atoms with van der Waals surface area (Å²) >= 11 is 0. The molecule has 3 rings (SSSR count). The first-order valence-electron chi connectivity index (χ1n) is 7.91. The molecule has 0 radical (unpaired) electrons. The van der Waals surface area contributed by atoms with Crippen molar-refractivity contribution in [2.75, 3.05) is 7.05 Å². The molecule has 1 saturated carbocycles. The minimum Gasteiger partial charge on any atom is -0.488 e. The average molecular weight is 319 g/mol. The maximum absolute atomic E-state index is 13.3. The predicted molar refractivity (Wildman–Crippen MR) is 84.5 cm³/mol. The van der Waals surface area contributed by atoms with E-state index in [0.717, 1.165) is 25.0 Å². The van der Waals surface area contributed by atoms with Crippen molar-refractivity contribution in [2.45, 2.75) is 44.1 Å². The van der Waals surface area contributed by atoms with E-state index in [4.69, 9.17) is 4.74 Å². The number of H-pyrrole nitrogens is 1. The zero-order valence-electron chi connectivity index (χ0n) is 13.2. The van der Waals surface area contributed by atoms with Crippen molar-refractivity contribution in [3.8, 4) is 5.75 Å². The molecule has 0 saturated heterocycles. The molecule has 1 aromatic carbocycles. The fraction of sp³-hybridized carbons (Fsp3) is 0.471. The van der Waals surface area contributed by atoms with Crippen LogP contribution in [0.1, 0.15) is 25.0 Å². The zero-order valence-corrected chi connectivity index (χ0v) is 13.2. The number of benzene rings is 1. The number of ether oxygens (including phenoxy) is 1. The molecule has 3 atom stereocenters. The quantitative estimate of drug-likeness (QED) is 0.888. The van der Waals surface area contributed by atoms with E-state index in [9.17, 15) is 9.50 Å². The molecule has 0 unspecified atom stereocenters. The number of likely N-dealkylation sites (N-methyl/N-ethyl adjacent to an activating group) is 1. The van der Waals surface area contributed by atoms with E-state index in [2.05, 4.69) is 14.9 Å². The van der Waals surface area contributed by atoms with E-state index in [1.165, 1.54) is 12.1 Å².